The number of amides is 1. The van der Waals surface area contributed by atoms with Gasteiger partial charge in [0, 0.05) is 12.6 Å². The van der Waals surface area contributed by atoms with Gasteiger partial charge in [0.05, 0.1) is 5.56 Å². The zero-order valence-electron chi connectivity index (χ0n) is 9.84. The maximum Gasteiger partial charge on any atom is 0.254 e. The zero-order chi connectivity index (χ0) is 13.0. The van der Waals surface area contributed by atoms with Gasteiger partial charge >= 0.3 is 0 Å². The summed E-state index contributed by atoms with van der Waals surface area (Å²) in [7, 11) is 0. The fourth-order valence-electron chi connectivity index (χ4n) is 1.22. The summed E-state index contributed by atoms with van der Waals surface area (Å²) < 4.78 is 26.2. The Kier molecular flexibility index (Phi) is 4.57. The van der Waals surface area contributed by atoms with E-state index in [1.807, 2.05) is 13.8 Å². The van der Waals surface area contributed by atoms with Crippen LogP contribution >= 0.6 is 0 Å². The Labute approximate surface area is 99.0 Å². The van der Waals surface area contributed by atoms with Crippen LogP contribution in [0.1, 0.15) is 24.2 Å². The van der Waals surface area contributed by atoms with Gasteiger partial charge in [-0.15, -0.1) is 0 Å². The molecule has 5 heteroatoms. The molecule has 3 nitrogen and oxygen atoms in total. The molecule has 1 rings (SSSR count). The van der Waals surface area contributed by atoms with Crippen molar-refractivity contribution in [2.45, 2.75) is 19.9 Å². The molecule has 1 atom stereocenters. The third-order valence-electron chi connectivity index (χ3n) is 2.55. The van der Waals surface area contributed by atoms with Crippen molar-refractivity contribution < 1.29 is 13.6 Å². The summed E-state index contributed by atoms with van der Waals surface area (Å²) >= 11 is 0. The van der Waals surface area contributed by atoms with E-state index in [1.54, 1.807) is 0 Å². The Bertz CT molecular complexity index is 407. The monoisotopic (exact) mass is 242 g/mol. The van der Waals surface area contributed by atoms with E-state index in [4.69, 9.17) is 5.73 Å². The molecule has 0 aromatic heterocycles. The molecule has 94 valence electrons. The van der Waals surface area contributed by atoms with Crippen molar-refractivity contribution in [1.82, 2.24) is 5.32 Å². The van der Waals surface area contributed by atoms with Crippen LogP contribution in [0.15, 0.2) is 18.2 Å². The van der Waals surface area contributed by atoms with Gasteiger partial charge in [-0.05, 0) is 18.1 Å². The molecule has 3 N–H and O–H groups in total. The highest BCUT2D eigenvalue weighted by molar-refractivity contribution is 5.94. The van der Waals surface area contributed by atoms with E-state index in [2.05, 4.69) is 5.32 Å². The Hall–Kier alpha value is -1.49. The second-order valence-corrected chi connectivity index (χ2v) is 4.22. The van der Waals surface area contributed by atoms with E-state index in [0.29, 0.717) is 0 Å². The number of nitrogens with one attached hydrogen (secondary N) is 1. The zero-order valence-corrected chi connectivity index (χ0v) is 9.84. The van der Waals surface area contributed by atoms with Gasteiger partial charge in [0.25, 0.3) is 5.91 Å². The number of nitrogens with two attached hydrogens (primary N) is 1. The number of benzene rings is 1. The van der Waals surface area contributed by atoms with Crippen LogP contribution in [-0.2, 0) is 0 Å². The molecular formula is C12H16F2N2O. The number of carbonyl (C=O) groups is 1. The lowest BCUT2D eigenvalue weighted by molar-refractivity contribution is 0.0944. The van der Waals surface area contributed by atoms with Crippen molar-refractivity contribution in [1.29, 1.82) is 0 Å². The van der Waals surface area contributed by atoms with Crippen molar-refractivity contribution >= 4 is 5.91 Å². The molecule has 0 aliphatic carbocycles. The lowest BCUT2D eigenvalue weighted by atomic mass is 10.1. The van der Waals surface area contributed by atoms with Crippen molar-refractivity contribution in [2.75, 3.05) is 6.54 Å². The lowest BCUT2D eigenvalue weighted by Crippen LogP contribution is -2.40. The standard InChI is InChI=1S/C12H16F2N2O/c1-7(2)10(15)6-16-12(17)8-4-3-5-9(13)11(8)14/h3-5,7,10H,6,15H2,1-2H3,(H,16,17). The van der Waals surface area contributed by atoms with Crippen molar-refractivity contribution in [2.24, 2.45) is 11.7 Å². The molecule has 0 bridgehead atoms. The molecule has 0 saturated carbocycles. The third kappa shape index (κ3) is 3.49. The lowest BCUT2D eigenvalue weighted by Gasteiger charge is -2.16. The van der Waals surface area contributed by atoms with Gasteiger partial charge in [0.15, 0.2) is 11.6 Å². The molecule has 0 radical (unpaired) electrons. The van der Waals surface area contributed by atoms with Gasteiger partial charge in [-0.25, -0.2) is 8.78 Å². The molecule has 0 spiro atoms. The summed E-state index contributed by atoms with van der Waals surface area (Å²) in [5.41, 5.74) is 5.42. The molecule has 1 unspecified atom stereocenters. The summed E-state index contributed by atoms with van der Waals surface area (Å²) in [6.45, 7) is 4.06. The minimum atomic E-state index is -1.14. The highest BCUT2D eigenvalue weighted by Gasteiger charge is 2.16. The quantitative estimate of drug-likeness (QED) is 0.844. The normalized spacial score (nSPS) is 12.6. The fraction of sp³-hybridized carbons (Fsp3) is 0.417. The first-order valence-electron chi connectivity index (χ1n) is 5.41. The molecular weight excluding hydrogens is 226 g/mol. The molecule has 0 aliphatic heterocycles. The van der Waals surface area contributed by atoms with Crippen molar-refractivity contribution in [3.05, 3.63) is 35.4 Å². The van der Waals surface area contributed by atoms with E-state index >= 15 is 0 Å². The first kappa shape index (κ1) is 13.6. The summed E-state index contributed by atoms with van der Waals surface area (Å²) in [5.74, 6) is -2.63. The van der Waals surface area contributed by atoms with Crippen LogP contribution < -0.4 is 11.1 Å². The number of hydrogen-bond acceptors (Lipinski definition) is 2. The molecule has 0 heterocycles. The largest absolute Gasteiger partial charge is 0.350 e. The van der Waals surface area contributed by atoms with Crippen LogP contribution in [0.3, 0.4) is 0 Å². The van der Waals surface area contributed by atoms with E-state index < -0.39 is 17.5 Å². The van der Waals surface area contributed by atoms with E-state index in [-0.39, 0.29) is 24.1 Å². The van der Waals surface area contributed by atoms with Crippen LogP contribution in [0.4, 0.5) is 8.78 Å². The Balaban J connectivity index is 2.68. The minimum Gasteiger partial charge on any atom is -0.350 e. The van der Waals surface area contributed by atoms with Crippen molar-refractivity contribution in [3.8, 4) is 0 Å². The SMILES string of the molecule is CC(C)C(N)CNC(=O)c1cccc(F)c1F. The average molecular weight is 242 g/mol. The van der Waals surface area contributed by atoms with Crippen LogP contribution in [-0.4, -0.2) is 18.5 Å². The van der Waals surface area contributed by atoms with Crippen LogP contribution in [0.25, 0.3) is 0 Å². The second-order valence-electron chi connectivity index (χ2n) is 4.22. The van der Waals surface area contributed by atoms with Crippen LogP contribution in [0, 0.1) is 17.6 Å². The predicted octanol–water partition coefficient (Wildman–Crippen LogP) is 1.68. The summed E-state index contributed by atoms with van der Waals surface area (Å²) in [6, 6.07) is 3.27. The Morgan fingerprint density at radius 1 is 1.41 bits per heavy atom. The maximum absolute atomic E-state index is 13.3. The van der Waals surface area contributed by atoms with E-state index in [9.17, 15) is 13.6 Å². The van der Waals surface area contributed by atoms with Crippen molar-refractivity contribution in [3.63, 3.8) is 0 Å². The fourth-order valence-corrected chi connectivity index (χ4v) is 1.22. The highest BCUT2D eigenvalue weighted by atomic mass is 19.2. The smallest absolute Gasteiger partial charge is 0.254 e. The van der Waals surface area contributed by atoms with Gasteiger partial charge < -0.3 is 11.1 Å². The first-order valence-corrected chi connectivity index (χ1v) is 5.41. The van der Waals surface area contributed by atoms with Gasteiger partial charge in [-0.2, -0.15) is 0 Å². The predicted molar refractivity (Wildman–Crippen MR) is 61.5 cm³/mol. The minimum absolute atomic E-state index is 0.202. The molecule has 1 aromatic carbocycles. The number of carbonyl (C=O) groups excluding carboxylic acids is 1. The summed E-state index contributed by atoms with van der Waals surface area (Å²) in [4.78, 5) is 11.6. The molecule has 1 aromatic rings. The average Bonchev–Trinajstić information content (AvgIpc) is 2.29. The molecule has 1 amide bonds. The second kappa shape index (κ2) is 5.72. The topological polar surface area (TPSA) is 55.1 Å². The number of hydrogen-bond donors (Lipinski definition) is 2. The molecule has 0 fully saturated rings. The van der Waals surface area contributed by atoms with Gasteiger partial charge in [0.1, 0.15) is 0 Å². The Morgan fingerprint density at radius 3 is 2.65 bits per heavy atom. The molecule has 0 saturated heterocycles. The van der Waals surface area contributed by atoms with Crippen LogP contribution in [0.5, 0.6) is 0 Å². The Morgan fingerprint density at radius 2 is 2.06 bits per heavy atom. The number of halogens is 2. The van der Waals surface area contributed by atoms with Gasteiger partial charge in [-0.1, -0.05) is 19.9 Å². The van der Waals surface area contributed by atoms with E-state index in [1.165, 1.54) is 12.1 Å². The molecule has 0 aliphatic rings. The maximum atomic E-state index is 13.3. The van der Waals surface area contributed by atoms with E-state index in [0.717, 1.165) is 6.07 Å². The molecule has 17 heavy (non-hydrogen) atoms. The van der Waals surface area contributed by atoms with Crippen LogP contribution in [0.2, 0.25) is 0 Å². The van der Waals surface area contributed by atoms with Gasteiger partial charge in [0.2, 0.25) is 0 Å². The van der Waals surface area contributed by atoms with Gasteiger partial charge in [-0.3, -0.25) is 4.79 Å². The first-order chi connectivity index (χ1) is 7.93. The summed E-state index contributed by atoms with van der Waals surface area (Å²) in [6.07, 6.45) is 0. The third-order valence-corrected chi connectivity index (χ3v) is 2.55. The number of rotatable bonds is 4. The summed E-state index contributed by atoms with van der Waals surface area (Å²) in [5, 5.41) is 2.48. The highest BCUT2D eigenvalue weighted by Crippen LogP contribution is 2.11.